The number of nitrogens with zero attached hydrogens (tertiary/aromatic N) is 2. The highest BCUT2D eigenvalue weighted by molar-refractivity contribution is 5.68. The van der Waals surface area contributed by atoms with Gasteiger partial charge in [0.25, 0.3) is 0 Å². The molecule has 2 N–H and O–H groups in total. The number of hydrogen-bond acceptors (Lipinski definition) is 5. The monoisotopic (exact) mass is 267 g/mol. The Morgan fingerprint density at radius 3 is 2.89 bits per heavy atom. The molecular weight excluding hydrogens is 246 g/mol. The van der Waals surface area contributed by atoms with Gasteiger partial charge in [0.1, 0.15) is 5.60 Å². The molecule has 1 fully saturated rings. The molecule has 0 bridgehead atoms. The fourth-order valence-corrected chi connectivity index (χ4v) is 2.21. The fraction of sp³-hybridized carbons (Fsp3) is 0.692. The van der Waals surface area contributed by atoms with Gasteiger partial charge in [-0.25, -0.2) is 4.79 Å². The predicted molar refractivity (Wildman–Crippen MR) is 70.7 cm³/mol. The number of ether oxygens (including phenoxy) is 1. The molecule has 106 valence electrons. The number of nitrogen functional groups attached to an aromatic ring is 1. The quantitative estimate of drug-likeness (QED) is 0.844. The summed E-state index contributed by atoms with van der Waals surface area (Å²) >= 11 is 0. The van der Waals surface area contributed by atoms with E-state index in [1.807, 2.05) is 20.8 Å². The normalized spacial score (nSPS) is 20.4. The molecule has 6 heteroatoms. The Morgan fingerprint density at radius 1 is 1.58 bits per heavy atom. The van der Waals surface area contributed by atoms with E-state index in [1.54, 1.807) is 11.0 Å². The predicted octanol–water partition coefficient (Wildman–Crippen LogP) is 2.37. The van der Waals surface area contributed by atoms with E-state index in [0.29, 0.717) is 12.4 Å². The molecule has 0 radical (unpaired) electrons. The van der Waals surface area contributed by atoms with Gasteiger partial charge < -0.3 is 19.9 Å². The van der Waals surface area contributed by atoms with Crippen LogP contribution in [0.1, 0.15) is 45.2 Å². The molecule has 6 nitrogen and oxygen atoms in total. The Bertz CT molecular complexity index is 450. The van der Waals surface area contributed by atoms with Crippen LogP contribution in [0.2, 0.25) is 0 Å². The van der Waals surface area contributed by atoms with Crippen LogP contribution < -0.4 is 5.73 Å². The molecule has 1 atom stereocenters. The summed E-state index contributed by atoms with van der Waals surface area (Å²) in [5.41, 5.74) is 5.87. The lowest BCUT2D eigenvalue weighted by Crippen LogP contribution is -2.42. The summed E-state index contributed by atoms with van der Waals surface area (Å²) in [5, 5.41) is 3.93. The van der Waals surface area contributed by atoms with Crippen LogP contribution in [0.3, 0.4) is 0 Å². The summed E-state index contributed by atoms with van der Waals surface area (Å²) in [6, 6.07) is 1.73. The van der Waals surface area contributed by atoms with Crippen LogP contribution in [0.25, 0.3) is 0 Å². The number of hydrogen-bond donors (Lipinski definition) is 1. The van der Waals surface area contributed by atoms with Crippen molar-refractivity contribution in [3.05, 3.63) is 11.8 Å². The summed E-state index contributed by atoms with van der Waals surface area (Å²) in [6.45, 7) is 6.92. The molecule has 1 amide bonds. The Labute approximate surface area is 112 Å². The van der Waals surface area contributed by atoms with Crippen LogP contribution in [0.15, 0.2) is 10.6 Å². The van der Waals surface area contributed by atoms with Gasteiger partial charge in [-0.2, -0.15) is 0 Å². The summed E-state index contributed by atoms with van der Waals surface area (Å²) in [4.78, 5) is 13.8. The standard InChI is InChI=1S/C13H21N3O3/c1-13(2,3)18-12(17)16-6-4-5-9(8-16)10-7-11(14)19-15-10/h7,9H,4-6,8,14H2,1-3H3/t9-/m0/s1. The van der Waals surface area contributed by atoms with Crippen molar-refractivity contribution in [1.29, 1.82) is 0 Å². The molecule has 2 rings (SSSR count). The van der Waals surface area contributed by atoms with Crippen molar-refractivity contribution in [2.24, 2.45) is 0 Å². The van der Waals surface area contributed by atoms with E-state index in [-0.39, 0.29) is 12.0 Å². The minimum Gasteiger partial charge on any atom is -0.444 e. The third-order valence-electron chi connectivity index (χ3n) is 3.04. The second-order valence-corrected chi connectivity index (χ2v) is 5.92. The average molecular weight is 267 g/mol. The fourth-order valence-electron chi connectivity index (χ4n) is 2.21. The van der Waals surface area contributed by atoms with E-state index in [9.17, 15) is 4.79 Å². The molecule has 0 aromatic carbocycles. The third kappa shape index (κ3) is 3.62. The number of anilines is 1. The lowest BCUT2D eigenvalue weighted by atomic mass is 9.95. The van der Waals surface area contributed by atoms with Crippen molar-refractivity contribution in [2.75, 3.05) is 18.8 Å². The molecule has 1 aromatic rings. The molecule has 1 aliphatic rings. The van der Waals surface area contributed by atoms with Gasteiger partial charge >= 0.3 is 6.09 Å². The summed E-state index contributed by atoms with van der Waals surface area (Å²) < 4.78 is 10.3. The van der Waals surface area contributed by atoms with E-state index in [0.717, 1.165) is 25.1 Å². The van der Waals surface area contributed by atoms with Gasteiger partial charge in [0.15, 0.2) is 0 Å². The highest BCUT2D eigenvalue weighted by Crippen LogP contribution is 2.27. The first-order valence-electron chi connectivity index (χ1n) is 6.55. The Kier molecular flexibility index (Phi) is 3.68. The maximum atomic E-state index is 12.0. The largest absolute Gasteiger partial charge is 0.444 e. The van der Waals surface area contributed by atoms with Gasteiger partial charge in [-0.1, -0.05) is 5.16 Å². The second kappa shape index (κ2) is 5.11. The van der Waals surface area contributed by atoms with Gasteiger partial charge in [0.05, 0.1) is 5.69 Å². The van der Waals surface area contributed by atoms with E-state index < -0.39 is 5.60 Å². The number of carbonyl (C=O) groups excluding carboxylic acids is 1. The van der Waals surface area contributed by atoms with E-state index >= 15 is 0 Å². The highest BCUT2D eigenvalue weighted by atomic mass is 16.6. The Hall–Kier alpha value is -1.72. The Morgan fingerprint density at radius 2 is 2.32 bits per heavy atom. The number of amides is 1. The topological polar surface area (TPSA) is 81.6 Å². The molecule has 0 saturated carbocycles. The van der Waals surface area contributed by atoms with Gasteiger partial charge in [0, 0.05) is 25.1 Å². The number of likely N-dealkylation sites (tertiary alicyclic amines) is 1. The zero-order valence-electron chi connectivity index (χ0n) is 11.7. The summed E-state index contributed by atoms with van der Waals surface area (Å²) in [6.07, 6.45) is 1.63. The van der Waals surface area contributed by atoms with Gasteiger partial charge in [-0.3, -0.25) is 0 Å². The van der Waals surface area contributed by atoms with Crippen LogP contribution in [-0.4, -0.2) is 34.8 Å². The molecule has 1 aromatic heterocycles. The molecule has 1 saturated heterocycles. The lowest BCUT2D eigenvalue weighted by molar-refractivity contribution is 0.0196. The van der Waals surface area contributed by atoms with Crippen LogP contribution in [0, 0.1) is 0 Å². The van der Waals surface area contributed by atoms with Crippen LogP contribution in [0.5, 0.6) is 0 Å². The van der Waals surface area contributed by atoms with Crippen LogP contribution in [-0.2, 0) is 4.74 Å². The number of nitrogens with two attached hydrogens (primary N) is 1. The number of rotatable bonds is 1. The smallest absolute Gasteiger partial charge is 0.410 e. The number of piperidine rings is 1. The van der Waals surface area contributed by atoms with E-state index in [2.05, 4.69) is 5.16 Å². The zero-order chi connectivity index (χ0) is 14.0. The Balaban J connectivity index is 1.99. The number of carbonyl (C=O) groups is 1. The van der Waals surface area contributed by atoms with Crippen molar-refractivity contribution in [3.63, 3.8) is 0 Å². The minimum absolute atomic E-state index is 0.169. The van der Waals surface area contributed by atoms with Crippen molar-refractivity contribution >= 4 is 12.0 Å². The summed E-state index contributed by atoms with van der Waals surface area (Å²) in [5.74, 6) is 0.478. The van der Waals surface area contributed by atoms with Crippen LogP contribution in [0.4, 0.5) is 10.7 Å². The first kappa shape index (κ1) is 13.7. The van der Waals surface area contributed by atoms with Crippen molar-refractivity contribution in [1.82, 2.24) is 10.1 Å². The summed E-state index contributed by atoms with van der Waals surface area (Å²) in [7, 11) is 0. The number of aromatic nitrogens is 1. The maximum absolute atomic E-state index is 12.0. The first-order chi connectivity index (χ1) is 8.85. The average Bonchev–Trinajstić information content (AvgIpc) is 2.74. The van der Waals surface area contributed by atoms with E-state index in [4.69, 9.17) is 15.0 Å². The third-order valence-corrected chi connectivity index (χ3v) is 3.04. The molecule has 0 aliphatic carbocycles. The highest BCUT2D eigenvalue weighted by Gasteiger charge is 2.29. The second-order valence-electron chi connectivity index (χ2n) is 5.92. The van der Waals surface area contributed by atoms with Crippen molar-refractivity contribution in [2.45, 2.75) is 45.1 Å². The zero-order valence-corrected chi connectivity index (χ0v) is 11.7. The van der Waals surface area contributed by atoms with Crippen LogP contribution >= 0.6 is 0 Å². The molecular formula is C13H21N3O3. The minimum atomic E-state index is -0.470. The molecule has 0 unspecified atom stereocenters. The van der Waals surface area contributed by atoms with Gasteiger partial charge in [-0.05, 0) is 33.6 Å². The molecule has 1 aliphatic heterocycles. The maximum Gasteiger partial charge on any atom is 0.410 e. The van der Waals surface area contributed by atoms with Gasteiger partial charge in [-0.15, -0.1) is 0 Å². The molecule has 2 heterocycles. The SMILES string of the molecule is CC(C)(C)OC(=O)N1CCC[C@H](c2cc(N)on2)C1. The van der Waals surface area contributed by atoms with Crippen molar-refractivity contribution in [3.8, 4) is 0 Å². The van der Waals surface area contributed by atoms with E-state index in [1.165, 1.54) is 0 Å². The van der Waals surface area contributed by atoms with Gasteiger partial charge in [0.2, 0.25) is 5.88 Å². The molecule has 19 heavy (non-hydrogen) atoms. The molecule has 0 spiro atoms. The first-order valence-corrected chi connectivity index (χ1v) is 6.55. The lowest BCUT2D eigenvalue weighted by Gasteiger charge is -2.33. The van der Waals surface area contributed by atoms with Crippen molar-refractivity contribution < 1.29 is 14.1 Å².